The summed E-state index contributed by atoms with van der Waals surface area (Å²) in [6.07, 6.45) is 0. The van der Waals surface area contributed by atoms with Gasteiger partial charge in [-0.15, -0.1) is 0 Å². The molecule has 2 rings (SSSR count). The third-order valence-electron chi connectivity index (χ3n) is 3.41. The van der Waals surface area contributed by atoms with Crippen LogP contribution in [0.15, 0.2) is 48.5 Å². The number of ether oxygens (including phenoxy) is 1. The SMILES string of the molecule is COCc1ccccc1CNC(C)c1ccc(O)cc1. The first-order chi connectivity index (χ1) is 9.70. The Labute approximate surface area is 120 Å². The van der Waals surface area contributed by atoms with Crippen molar-refractivity contribution < 1.29 is 9.84 Å². The van der Waals surface area contributed by atoms with Crippen molar-refractivity contribution in [3.05, 3.63) is 65.2 Å². The highest BCUT2D eigenvalue weighted by atomic mass is 16.5. The number of phenols is 1. The van der Waals surface area contributed by atoms with Crippen LogP contribution in [-0.2, 0) is 17.9 Å². The van der Waals surface area contributed by atoms with Gasteiger partial charge in [0, 0.05) is 19.7 Å². The molecule has 1 unspecified atom stereocenters. The van der Waals surface area contributed by atoms with Gasteiger partial charge in [-0.05, 0) is 35.7 Å². The first-order valence-electron chi connectivity index (χ1n) is 6.78. The molecule has 3 nitrogen and oxygen atoms in total. The summed E-state index contributed by atoms with van der Waals surface area (Å²) in [4.78, 5) is 0. The number of hydrogen-bond donors (Lipinski definition) is 2. The van der Waals surface area contributed by atoms with Gasteiger partial charge in [0.1, 0.15) is 5.75 Å². The van der Waals surface area contributed by atoms with Crippen LogP contribution >= 0.6 is 0 Å². The van der Waals surface area contributed by atoms with E-state index in [2.05, 4.69) is 24.4 Å². The third kappa shape index (κ3) is 3.83. The van der Waals surface area contributed by atoms with Gasteiger partial charge in [-0.3, -0.25) is 0 Å². The average molecular weight is 271 g/mol. The number of aromatic hydroxyl groups is 1. The van der Waals surface area contributed by atoms with Gasteiger partial charge in [0.2, 0.25) is 0 Å². The minimum Gasteiger partial charge on any atom is -0.508 e. The lowest BCUT2D eigenvalue weighted by molar-refractivity contribution is 0.184. The summed E-state index contributed by atoms with van der Waals surface area (Å²) < 4.78 is 5.22. The molecule has 0 radical (unpaired) electrons. The van der Waals surface area contributed by atoms with Gasteiger partial charge in [0.05, 0.1) is 6.61 Å². The van der Waals surface area contributed by atoms with Crippen molar-refractivity contribution in [3.63, 3.8) is 0 Å². The molecule has 20 heavy (non-hydrogen) atoms. The third-order valence-corrected chi connectivity index (χ3v) is 3.41. The molecule has 2 aromatic rings. The van der Waals surface area contributed by atoms with Gasteiger partial charge in [0.25, 0.3) is 0 Å². The first-order valence-corrected chi connectivity index (χ1v) is 6.78. The molecule has 0 aliphatic heterocycles. The Bertz CT molecular complexity index is 537. The normalized spacial score (nSPS) is 12.3. The van der Waals surface area contributed by atoms with Crippen LogP contribution in [0.5, 0.6) is 5.75 Å². The smallest absolute Gasteiger partial charge is 0.115 e. The van der Waals surface area contributed by atoms with Crippen molar-refractivity contribution in [2.75, 3.05) is 7.11 Å². The van der Waals surface area contributed by atoms with Crippen LogP contribution in [0.1, 0.15) is 29.7 Å². The lowest BCUT2D eigenvalue weighted by atomic mass is 10.1. The minimum absolute atomic E-state index is 0.228. The van der Waals surface area contributed by atoms with Gasteiger partial charge < -0.3 is 15.2 Å². The summed E-state index contributed by atoms with van der Waals surface area (Å²) >= 11 is 0. The second kappa shape index (κ2) is 7.08. The van der Waals surface area contributed by atoms with Crippen molar-refractivity contribution in [2.24, 2.45) is 0 Å². The molecule has 0 aliphatic rings. The molecule has 106 valence electrons. The second-order valence-corrected chi connectivity index (χ2v) is 4.90. The quantitative estimate of drug-likeness (QED) is 0.846. The summed E-state index contributed by atoms with van der Waals surface area (Å²) in [6.45, 7) is 3.54. The van der Waals surface area contributed by atoms with Gasteiger partial charge in [-0.2, -0.15) is 0 Å². The fraction of sp³-hybridized carbons (Fsp3) is 0.294. The van der Waals surface area contributed by atoms with Crippen LogP contribution in [0.2, 0.25) is 0 Å². The Kier molecular flexibility index (Phi) is 5.16. The van der Waals surface area contributed by atoms with E-state index in [1.165, 1.54) is 11.1 Å². The molecule has 0 saturated carbocycles. The predicted octanol–water partition coefficient (Wildman–Crippen LogP) is 3.39. The lowest BCUT2D eigenvalue weighted by Crippen LogP contribution is -2.19. The summed E-state index contributed by atoms with van der Waals surface area (Å²) in [5, 5.41) is 12.8. The second-order valence-electron chi connectivity index (χ2n) is 4.90. The molecule has 0 amide bonds. The molecule has 0 saturated heterocycles. The zero-order valence-electron chi connectivity index (χ0n) is 12.0. The minimum atomic E-state index is 0.228. The highest BCUT2D eigenvalue weighted by Gasteiger charge is 2.06. The monoisotopic (exact) mass is 271 g/mol. The number of methoxy groups -OCH3 is 1. The molecule has 0 spiro atoms. The van der Waals surface area contributed by atoms with Crippen LogP contribution < -0.4 is 5.32 Å². The Morgan fingerprint density at radius 1 is 1.05 bits per heavy atom. The Balaban J connectivity index is 1.99. The molecule has 0 aliphatic carbocycles. The van der Waals surface area contributed by atoms with Crippen LogP contribution in [-0.4, -0.2) is 12.2 Å². The molecule has 2 N–H and O–H groups in total. The average Bonchev–Trinajstić information content (AvgIpc) is 2.47. The van der Waals surface area contributed by atoms with Gasteiger partial charge in [0.15, 0.2) is 0 Å². The van der Waals surface area contributed by atoms with E-state index in [9.17, 15) is 5.11 Å². The highest BCUT2D eigenvalue weighted by molar-refractivity contribution is 5.29. The van der Waals surface area contributed by atoms with E-state index in [1.807, 2.05) is 24.3 Å². The number of nitrogens with one attached hydrogen (secondary N) is 1. The molecular formula is C17H21NO2. The van der Waals surface area contributed by atoms with E-state index in [0.29, 0.717) is 12.4 Å². The van der Waals surface area contributed by atoms with E-state index in [1.54, 1.807) is 19.2 Å². The molecule has 1 atom stereocenters. The number of benzene rings is 2. The number of hydrogen-bond acceptors (Lipinski definition) is 3. The number of phenolic OH excluding ortho intramolecular Hbond substituents is 1. The summed E-state index contributed by atoms with van der Waals surface area (Å²) in [6, 6.07) is 15.8. The van der Waals surface area contributed by atoms with Crippen molar-refractivity contribution in [1.82, 2.24) is 5.32 Å². The van der Waals surface area contributed by atoms with Gasteiger partial charge in [-0.25, -0.2) is 0 Å². The van der Waals surface area contributed by atoms with Crippen LogP contribution in [0.25, 0.3) is 0 Å². The van der Waals surface area contributed by atoms with Crippen molar-refractivity contribution in [2.45, 2.75) is 26.1 Å². The molecular weight excluding hydrogens is 250 g/mol. The van der Waals surface area contributed by atoms with Gasteiger partial charge in [-0.1, -0.05) is 36.4 Å². The fourth-order valence-electron chi connectivity index (χ4n) is 2.17. The predicted molar refractivity (Wildman–Crippen MR) is 80.5 cm³/mol. The molecule has 3 heteroatoms. The lowest BCUT2D eigenvalue weighted by Gasteiger charge is -2.16. The maximum atomic E-state index is 9.31. The van der Waals surface area contributed by atoms with E-state index < -0.39 is 0 Å². The molecule has 0 fully saturated rings. The Morgan fingerprint density at radius 3 is 2.35 bits per heavy atom. The van der Waals surface area contributed by atoms with Gasteiger partial charge >= 0.3 is 0 Å². The van der Waals surface area contributed by atoms with Crippen molar-refractivity contribution in [1.29, 1.82) is 0 Å². The Hall–Kier alpha value is -1.84. The summed E-state index contributed by atoms with van der Waals surface area (Å²) in [5.74, 6) is 0.298. The summed E-state index contributed by atoms with van der Waals surface area (Å²) in [7, 11) is 1.71. The Morgan fingerprint density at radius 2 is 1.70 bits per heavy atom. The maximum Gasteiger partial charge on any atom is 0.115 e. The van der Waals surface area contributed by atoms with E-state index in [4.69, 9.17) is 4.74 Å². The zero-order valence-corrected chi connectivity index (χ0v) is 12.0. The highest BCUT2D eigenvalue weighted by Crippen LogP contribution is 2.17. The van der Waals surface area contributed by atoms with E-state index in [-0.39, 0.29) is 6.04 Å². The first kappa shape index (κ1) is 14.6. The van der Waals surface area contributed by atoms with Crippen LogP contribution in [0.3, 0.4) is 0 Å². The standard InChI is InChI=1S/C17H21NO2/c1-13(14-7-9-17(19)10-8-14)18-11-15-5-3-4-6-16(15)12-20-2/h3-10,13,18-19H,11-12H2,1-2H3. The van der Waals surface area contributed by atoms with Crippen LogP contribution in [0, 0.1) is 0 Å². The van der Waals surface area contributed by atoms with E-state index >= 15 is 0 Å². The molecule has 0 bridgehead atoms. The van der Waals surface area contributed by atoms with Crippen LogP contribution in [0.4, 0.5) is 0 Å². The number of rotatable bonds is 6. The molecule has 2 aromatic carbocycles. The molecule has 0 aromatic heterocycles. The molecule has 0 heterocycles. The maximum absolute atomic E-state index is 9.31. The van der Waals surface area contributed by atoms with Crippen molar-refractivity contribution >= 4 is 0 Å². The fourth-order valence-corrected chi connectivity index (χ4v) is 2.17. The summed E-state index contributed by atoms with van der Waals surface area (Å²) in [5.41, 5.74) is 3.62. The largest absolute Gasteiger partial charge is 0.508 e. The van der Waals surface area contributed by atoms with Crippen molar-refractivity contribution in [3.8, 4) is 5.75 Å². The van der Waals surface area contributed by atoms with E-state index in [0.717, 1.165) is 12.1 Å². The zero-order chi connectivity index (χ0) is 14.4. The topological polar surface area (TPSA) is 41.5 Å².